The van der Waals surface area contributed by atoms with Crippen molar-refractivity contribution >= 4 is 33.7 Å². The molecule has 1 amide bonds. The summed E-state index contributed by atoms with van der Waals surface area (Å²) in [6.45, 7) is 4.02. The van der Waals surface area contributed by atoms with Crippen molar-refractivity contribution in [3.05, 3.63) is 67.4 Å². The standard InChI is InChI=1S/C27H23N9O/c1-15(2)9-22(37)32-18-10-16(12-28-14-18)17-11-19-23(35-36-26(19)31-13-17)27-33-21-6-8-30-24(25(21)34-27)20-5-3-4-7-29-20/h3-8,10-15H,9H2,1-2H3,(H,32,37)(H,33,34)(H,31,35,36). The number of anilines is 1. The van der Waals surface area contributed by atoms with E-state index in [0.29, 0.717) is 40.5 Å². The molecular weight excluding hydrogens is 466 g/mol. The molecule has 0 bridgehead atoms. The van der Waals surface area contributed by atoms with Gasteiger partial charge in [-0.1, -0.05) is 19.9 Å². The Labute approximate surface area is 211 Å². The van der Waals surface area contributed by atoms with Crippen LogP contribution in [0.2, 0.25) is 0 Å². The normalized spacial score (nSPS) is 11.4. The lowest BCUT2D eigenvalue weighted by atomic mass is 10.1. The van der Waals surface area contributed by atoms with Gasteiger partial charge in [0.1, 0.15) is 16.9 Å². The van der Waals surface area contributed by atoms with E-state index in [1.54, 1.807) is 31.0 Å². The molecule has 6 rings (SSSR count). The lowest BCUT2D eigenvalue weighted by Crippen LogP contribution is -2.13. The molecule has 6 aromatic heterocycles. The Morgan fingerprint density at radius 2 is 1.86 bits per heavy atom. The Hall–Kier alpha value is -4.99. The zero-order valence-electron chi connectivity index (χ0n) is 20.2. The van der Waals surface area contributed by atoms with Crippen molar-refractivity contribution in [2.75, 3.05) is 5.32 Å². The van der Waals surface area contributed by atoms with Crippen molar-refractivity contribution in [1.82, 2.24) is 40.1 Å². The SMILES string of the molecule is CC(C)CC(=O)Nc1cncc(-c2cnc3[nH]nc(-c4nc5c(-c6ccccn6)nccc5[nH]4)c3c2)c1. The summed E-state index contributed by atoms with van der Waals surface area (Å²) < 4.78 is 0. The minimum atomic E-state index is -0.0379. The van der Waals surface area contributed by atoms with Crippen LogP contribution >= 0.6 is 0 Å². The maximum Gasteiger partial charge on any atom is 0.224 e. The quantitative estimate of drug-likeness (QED) is 0.299. The number of aromatic nitrogens is 8. The summed E-state index contributed by atoms with van der Waals surface area (Å²) in [7, 11) is 0. The fraction of sp³-hybridized carbons (Fsp3) is 0.148. The van der Waals surface area contributed by atoms with Crippen LogP contribution in [0.15, 0.2) is 67.4 Å². The van der Waals surface area contributed by atoms with Crippen LogP contribution < -0.4 is 5.32 Å². The predicted octanol–water partition coefficient (Wildman–Crippen LogP) is 5.00. The number of H-pyrrole nitrogens is 2. The van der Waals surface area contributed by atoms with Crippen molar-refractivity contribution in [3.8, 4) is 34.0 Å². The van der Waals surface area contributed by atoms with Gasteiger partial charge in [0.2, 0.25) is 5.91 Å². The third-order valence-corrected chi connectivity index (χ3v) is 5.90. The van der Waals surface area contributed by atoms with Gasteiger partial charge in [-0.15, -0.1) is 0 Å². The highest BCUT2D eigenvalue weighted by molar-refractivity contribution is 5.96. The second kappa shape index (κ2) is 9.23. The van der Waals surface area contributed by atoms with Gasteiger partial charge in [-0.3, -0.25) is 24.8 Å². The first-order chi connectivity index (χ1) is 18.0. The number of nitrogens with one attached hydrogen (secondary N) is 3. The number of fused-ring (bicyclic) bond motifs is 2. The molecule has 182 valence electrons. The molecule has 0 saturated heterocycles. The summed E-state index contributed by atoms with van der Waals surface area (Å²) in [5.41, 5.74) is 6.58. The van der Waals surface area contributed by atoms with Crippen molar-refractivity contribution in [2.45, 2.75) is 20.3 Å². The third-order valence-electron chi connectivity index (χ3n) is 5.90. The number of imidazole rings is 1. The van der Waals surface area contributed by atoms with Crippen LogP contribution in [0.25, 0.3) is 56.1 Å². The highest BCUT2D eigenvalue weighted by Gasteiger charge is 2.17. The zero-order chi connectivity index (χ0) is 25.4. The maximum atomic E-state index is 12.2. The van der Waals surface area contributed by atoms with E-state index < -0.39 is 0 Å². The highest BCUT2D eigenvalue weighted by atomic mass is 16.1. The molecule has 0 aliphatic carbocycles. The average Bonchev–Trinajstić information content (AvgIpc) is 3.52. The van der Waals surface area contributed by atoms with Crippen LogP contribution in [0.3, 0.4) is 0 Å². The largest absolute Gasteiger partial charge is 0.336 e. The lowest BCUT2D eigenvalue weighted by molar-refractivity contribution is -0.116. The molecule has 6 heterocycles. The Kier molecular flexibility index (Phi) is 5.61. The summed E-state index contributed by atoms with van der Waals surface area (Å²) in [5.74, 6) is 0.832. The number of amides is 1. The van der Waals surface area contributed by atoms with Gasteiger partial charge >= 0.3 is 0 Å². The van der Waals surface area contributed by atoms with Crippen molar-refractivity contribution < 1.29 is 4.79 Å². The number of pyridine rings is 4. The summed E-state index contributed by atoms with van der Waals surface area (Å²) >= 11 is 0. The molecule has 0 fully saturated rings. The predicted molar refractivity (Wildman–Crippen MR) is 141 cm³/mol. The Morgan fingerprint density at radius 3 is 2.70 bits per heavy atom. The van der Waals surface area contributed by atoms with Gasteiger partial charge in [-0.05, 0) is 36.2 Å². The number of carbonyl (C=O) groups is 1. The average molecular weight is 490 g/mol. The highest BCUT2D eigenvalue weighted by Crippen LogP contribution is 2.31. The van der Waals surface area contributed by atoms with Gasteiger partial charge in [0, 0.05) is 42.3 Å². The van der Waals surface area contributed by atoms with Gasteiger partial charge in [-0.2, -0.15) is 5.10 Å². The fourth-order valence-corrected chi connectivity index (χ4v) is 4.23. The number of aromatic amines is 2. The maximum absolute atomic E-state index is 12.2. The second-order valence-corrected chi connectivity index (χ2v) is 9.16. The van der Waals surface area contributed by atoms with E-state index in [9.17, 15) is 4.79 Å². The number of nitrogens with zero attached hydrogens (tertiary/aromatic N) is 6. The van der Waals surface area contributed by atoms with Crippen LogP contribution in [0.1, 0.15) is 20.3 Å². The van der Waals surface area contributed by atoms with Crippen LogP contribution in [-0.2, 0) is 4.79 Å². The van der Waals surface area contributed by atoms with Gasteiger partial charge < -0.3 is 10.3 Å². The Bertz CT molecular complexity index is 1740. The van der Waals surface area contributed by atoms with Gasteiger partial charge in [0.15, 0.2) is 11.5 Å². The fourth-order valence-electron chi connectivity index (χ4n) is 4.23. The smallest absolute Gasteiger partial charge is 0.224 e. The molecule has 0 unspecified atom stereocenters. The molecule has 0 radical (unpaired) electrons. The first kappa shape index (κ1) is 22.5. The molecule has 0 spiro atoms. The van der Waals surface area contributed by atoms with E-state index in [2.05, 4.69) is 40.4 Å². The Balaban J connectivity index is 1.38. The van der Waals surface area contributed by atoms with E-state index in [0.717, 1.165) is 27.7 Å². The third kappa shape index (κ3) is 4.40. The number of hydrogen-bond donors (Lipinski definition) is 3. The van der Waals surface area contributed by atoms with Crippen molar-refractivity contribution in [2.24, 2.45) is 5.92 Å². The topological polar surface area (TPSA) is 138 Å². The molecule has 6 aromatic rings. The van der Waals surface area contributed by atoms with E-state index in [-0.39, 0.29) is 11.8 Å². The summed E-state index contributed by atoms with van der Waals surface area (Å²) in [4.78, 5) is 38.2. The monoisotopic (exact) mass is 489 g/mol. The molecule has 3 N–H and O–H groups in total. The van der Waals surface area contributed by atoms with E-state index in [1.807, 2.05) is 50.2 Å². The molecule has 0 saturated carbocycles. The Morgan fingerprint density at radius 1 is 0.973 bits per heavy atom. The minimum Gasteiger partial charge on any atom is -0.336 e. The minimum absolute atomic E-state index is 0.0379. The summed E-state index contributed by atoms with van der Waals surface area (Å²) in [6, 6.07) is 11.4. The van der Waals surface area contributed by atoms with Gasteiger partial charge in [-0.25, -0.2) is 9.97 Å². The summed E-state index contributed by atoms with van der Waals surface area (Å²) in [5, 5.41) is 11.2. The molecule has 10 nitrogen and oxygen atoms in total. The molecule has 37 heavy (non-hydrogen) atoms. The van der Waals surface area contributed by atoms with E-state index in [4.69, 9.17) is 4.98 Å². The number of carbonyl (C=O) groups excluding carboxylic acids is 1. The molecule has 0 aliphatic heterocycles. The molecule has 0 aliphatic rings. The zero-order valence-corrected chi connectivity index (χ0v) is 20.2. The van der Waals surface area contributed by atoms with Crippen LogP contribution in [0, 0.1) is 5.92 Å². The van der Waals surface area contributed by atoms with Gasteiger partial charge in [0.05, 0.1) is 28.5 Å². The lowest BCUT2D eigenvalue weighted by Gasteiger charge is -2.08. The van der Waals surface area contributed by atoms with Crippen molar-refractivity contribution in [1.29, 1.82) is 0 Å². The van der Waals surface area contributed by atoms with Crippen LogP contribution in [-0.4, -0.2) is 46.0 Å². The van der Waals surface area contributed by atoms with Gasteiger partial charge in [0.25, 0.3) is 0 Å². The first-order valence-corrected chi connectivity index (χ1v) is 11.9. The number of rotatable bonds is 6. The first-order valence-electron chi connectivity index (χ1n) is 11.9. The molecule has 10 heteroatoms. The second-order valence-electron chi connectivity index (χ2n) is 9.16. The van der Waals surface area contributed by atoms with Crippen LogP contribution in [0.4, 0.5) is 5.69 Å². The molecule has 0 atom stereocenters. The molecular formula is C27H23N9O. The van der Waals surface area contributed by atoms with E-state index in [1.165, 1.54) is 0 Å². The van der Waals surface area contributed by atoms with Crippen molar-refractivity contribution in [3.63, 3.8) is 0 Å². The van der Waals surface area contributed by atoms with E-state index >= 15 is 0 Å². The molecule has 0 aromatic carbocycles. The summed E-state index contributed by atoms with van der Waals surface area (Å²) in [6.07, 6.45) is 9.05. The van der Waals surface area contributed by atoms with Crippen LogP contribution in [0.5, 0.6) is 0 Å². The number of hydrogen-bond acceptors (Lipinski definition) is 7.